The van der Waals surface area contributed by atoms with Crippen LogP contribution in [-0.4, -0.2) is 25.7 Å². The van der Waals surface area contributed by atoms with Gasteiger partial charge in [0.15, 0.2) is 0 Å². The van der Waals surface area contributed by atoms with Crippen LogP contribution in [0.15, 0.2) is 43.0 Å². The number of nitrogens with one attached hydrogen (secondary N) is 2. The first-order chi connectivity index (χ1) is 11.2. The lowest BCUT2D eigenvalue weighted by molar-refractivity contribution is 0.128. The quantitative estimate of drug-likeness (QED) is 0.500. The van der Waals surface area contributed by atoms with Crippen LogP contribution in [0.5, 0.6) is 0 Å². The fourth-order valence-corrected chi connectivity index (χ4v) is 3.02. The maximum Gasteiger partial charge on any atom is 0.407 e. The second-order valence-electron chi connectivity index (χ2n) is 7.84. The van der Waals surface area contributed by atoms with E-state index in [0.29, 0.717) is 13.2 Å². The van der Waals surface area contributed by atoms with Crippen molar-refractivity contribution in [1.29, 1.82) is 0 Å². The van der Waals surface area contributed by atoms with Crippen molar-refractivity contribution in [3.8, 4) is 0 Å². The Hall–Kier alpha value is -1.81. The number of hydrogen-bond donors (Lipinski definition) is 2. The Morgan fingerprint density at radius 3 is 2.38 bits per heavy atom. The fraction of sp³-hybridized carbons (Fsp3) is 0.550. The van der Waals surface area contributed by atoms with Gasteiger partial charge in [0.2, 0.25) is 0 Å². The summed E-state index contributed by atoms with van der Waals surface area (Å²) in [5.74, 6) is 0. The predicted molar refractivity (Wildman–Crippen MR) is 99.9 cm³/mol. The van der Waals surface area contributed by atoms with Crippen LogP contribution in [0, 0.1) is 10.8 Å². The summed E-state index contributed by atoms with van der Waals surface area (Å²) in [5.41, 5.74) is 1.12. The van der Waals surface area contributed by atoms with Crippen LogP contribution < -0.4 is 10.6 Å². The Balaban J connectivity index is 2.35. The summed E-state index contributed by atoms with van der Waals surface area (Å²) in [6, 6.07) is 9.69. The van der Waals surface area contributed by atoms with Crippen molar-refractivity contribution in [2.75, 3.05) is 19.6 Å². The number of ether oxygens (including phenoxy) is 1. The molecule has 1 amide bonds. The van der Waals surface area contributed by atoms with Crippen LogP contribution >= 0.6 is 0 Å². The van der Waals surface area contributed by atoms with Crippen molar-refractivity contribution in [3.63, 3.8) is 0 Å². The van der Waals surface area contributed by atoms with Gasteiger partial charge in [-0.3, -0.25) is 0 Å². The SMILES string of the molecule is C=CCNCC(C)(C)CC(C)(C)CNC(=O)OCc1ccccc1. The first kappa shape index (κ1) is 20.2. The second kappa shape index (κ2) is 9.48. The van der Waals surface area contributed by atoms with Gasteiger partial charge in [0, 0.05) is 19.6 Å². The van der Waals surface area contributed by atoms with E-state index >= 15 is 0 Å². The molecule has 4 heteroatoms. The van der Waals surface area contributed by atoms with E-state index in [4.69, 9.17) is 4.74 Å². The van der Waals surface area contributed by atoms with Gasteiger partial charge in [-0.15, -0.1) is 6.58 Å². The van der Waals surface area contributed by atoms with Crippen LogP contribution in [0.2, 0.25) is 0 Å². The molecule has 0 fully saturated rings. The molecule has 0 aliphatic carbocycles. The average Bonchev–Trinajstić information content (AvgIpc) is 2.51. The van der Waals surface area contributed by atoms with E-state index < -0.39 is 0 Å². The Morgan fingerprint density at radius 2 is 1.75 bits per heavy atom. The van der Waals surface area contributed by atoms with Crippen LogP contribution in [0.3, 0.4) is 0 Å². The van der Waals surface area contributed by atoms with Crippen molar-refractivity contribution in [3.05, 3.63) is 48.6 Å². The van der Waals surface area contributed by atoms with E-state index in [1.165, 1.54) is 0 Å². The molecule has 0 unspecified atom stereocenters. The molecule has 0 saturated carbocycles. The minimum atomic E-state index is -0.366. The lowest BCUT2D eigenvalue weighted by Gasteiger charge is -2.35. The molecule has 1 rings (SSSR count). The number of alkyl carbamates (subject to hydrolysis) is 1. The number of benzene rings is 1. The van der Waals surface area contributed by atoms with Gasteiger partial charge >= 0.3 is 6.09 Å². The standard InChI is InChI=1S/C20H32N2O2/c1-6-12-21-15-19(2,3)14-20(4,5)16-22-18(23)24-13-17-10-8-7-9-11-17/h6-11,21H,1,12-16H2,2-5H3,(H,22,23). The molecular formula is C20H32N2O2. The number of rotatable bonds is 10. The van der Waals surface area contributed by atoms with E-state index in [9.17, 15) is 4.79 Å². The molecule has 0 heterocycles. The van der Waals surface area contributed by atoms with Gasteiger partial charge in [0.1, 0.15) is 6.61 Å². The van der Waals surface area contributed by atoms with E-state index in [1.54, 1.807) is 0 Å². The highest BCUT2D eigenvalue weighted by molar-refractivity contribution is 5.67. The summed E-state index contributed by atoms with van der Waals surface area (Å²) in [6.07, 6.45) is 2.49. The molecular weight excluding hydrogens is 300 g/mol. The highest BCUT2D eigenvalue weighted by Crippen LogP contribution is 2.32. The van der Waals surface area contributed by atoms with E-state index in [2.05, 4.69) is 44.9 Å². The van der Waals surface area contributed by atoms with Crippen LogP contribution in [0.25, 0.3) is 0 Å². The monoisotopic (exact) mass is 332 g/mol. The zero-order chi connectivity index (χ0) is 18.1. The van der Waals surface area contributed by atoms with Gasteiger partial charge in [-0.05, 0) is 22.8 Å². The van der Waals surface area contributed by atoms with Crippen molar-refractivity contribution in [2.45, 2.75) is 40.7 Å². The van der Waals surface area contributed by atoms with Crippen LogP contribution in [-0.2, 0) is 11.3 Å². The molecule has 0 bridgehead atoms. The number of amides is 1. The molecule has 134 valence electrons. The number of carbonyl (C=O) groups is 1. The summed E-state index contributed by atoms with van der Waals surface area (Å²) in [7, 11) is 0. The van der Waals surface area contributed by atoms with Crippen molar-refractivity contribution in [1.82, 2.24) is 10.6 Å². The summed E-state index contributed by atoms with van der Waals surface area (Å²) >= 11 is 0. The molecule has 0 saturated heterocycles. The summed E-state index contributed by atoms with van der Waals surface area (Å²) in [4.78, 5) is 11.9. The van der Waals surface area contributed by atoms with Crippen molar-refractivity contribution in [2.24, 2.45) is 10.8 Å². The van der Waals surface area contributed by atoms with E-state index in [0.717, 1.165) is 25.1 Å². The van der Waals surface area contributed by atoms with Crippen molar-refractivity contribution >= 4 is 6.09 Å². The fourth-order valence-electron chi connectivity index (χ4n) is 3.02. The molecule has 4 nitrogen and oxygen atoms in total. The van der Waals surface area contributed by atoms with Gasteiger partial charge in [-0.1, -0.05) is 64.1 Å². The molecule has 0 aromatic heterocycles. The normalized spacial score (nSPS) is 11.8. The molecule has 24 heavy (non-hydrogen) atoms. The second-order valence-corrected chi connectivity index (χ2v) is 7.84. The van der Waals surface area contributed by atoms with E-state index in [-0.39, 0.29) is 16.9 Å². The molecule has 0 atom stereocenters. The molecule has 0 aliphatic rings. The third-order valence-corrected chi connectivity index (χ3v) is 3.77. The molecule has 2 N–H and O–H groups in total. The van der Waals surface area contributed by atoms with Gasteiger partial charge in [-0.25, -0.2) is 4.79 Å². The predicted octanol–water partition coefficient (Wildman–Crippen LogP) is 4.13. The van der Waals surface area contributed by atoms with E-state index in [1.807, 2.05) is 36.4 Å². The zero-order valence-corrected chi connectivity index (χ0v) is 15.5. The largest absolute Gasteiger partial charge is 0.445 e. The lowest BCUT2D eigenvalue weighted by atomic mass is 9.75. The Morgan fingerprint density at radius 1 is 1.12 bits per heavy atom. The molecule has 0 radical (unpaired) electrons. The summed E-state index contributed by atoms with van der Waals surface area (Å²) < 4.78 is 5.26. The van der Waals surface area contributed by atoms with Crippen LogP contribution in [0.1, 0.15) is 39.7 Å². The molecule has 0 spiro atoms. The average molecular weight is 332 g/mol. The Kier molecular flexibility index (Phi) is 7.99. The Bertz CT molecular complexity index is 510. The highest BCUT2D eigenvalue weighted by atomic mass is 16.5. The molecule has 0 aliphatic heterocycles. The minimum absolute atomic E-state index is 0.00880. The lowest BCUT2D eigenvalue weighted by Crippen LogP contribution is -2.39. The smallest absolute Gasteiger partial charge is 0.407 e. The Labute approximate surface area is 146 Å². The molecule has 1 aromatic rings. The summed E-state index contributed by atoms with van der Waals surface area (Å²) in [6.45, 7) is 15.1. The zero-order valence-electron chi connectivity index (χ0n) is 15.5. The van der Waals surface area contributed by atoms with Gasteiger partial charge < -0.3 is 15.4 Å². The molecule has 1 aromatic carbocycles. The van der Waals surface area contributed by atoms with Crippen LogP contribution in [0.4, 0.5) is 4.79 Å². The third-order valence-electron chi connectivity index (χ3n) is 3.77. The maximum absolute atomic E-state index is 11.9. The summed E-state index contributed by atoms with van der Waals surface area (Å²) in [5, 5.41) is 6.26. The maximum atomic E-state index is 11.9. The van der Waals surface area contributed by atoms with Gasteiger partial charge in [-0.2, -0.15) is 0 Å². The van der Waals surface area contributed by atoms with Crippen molar-refractivity contribution < 1.29 is 9.53 Å². The number of carbonyl (C=O) groups excluding carboxylic acids is 1. The first-order valence-corrected chi connectivity index (χ1v) is 8.50. The minimum Gasteiger partial charge on any atom is -0.445 e. The topological polar surface area (TPSA) is 50.4 Å². The number of hydrogen-bond acceptors (Lipinski definition) is 3. The van der Waals surface area contributed by atoms with Gasteiger partial charge in [0.25, 0.3) is 0 Å². The highest BCUT2D eigenvalue weighted by Gasteiger charge is 2.29. The third kappa shape index (κ3) is 8.73. The van der Waals surface area contributed by atoms with Gasteiger partial charge in [0.05, 0.1) is 0 Å². The first-order valence-electron chi connectivity index (χ1n) is 8.50.